The largest absolute Gasteiger partial charge is 0.345 e. The third-order valence-electron chi connectivity index (χ3n) is 1.97. The lowest BCUT2D eigenvalue weighted by atomic mass is 10.2. The van der Waals surface area contributed by atoms with Crippen LogP contribution in [0.3, 0.4) is 0 Å². The maximum atomic E-state index is 11.7. The van der Waals surface area contributed by atoms with Crippen LogP contribution in [-0.4, -0.2) is 31.5 Å². The molecule has 88 valence electrons. The summed E-state index contributed by atoms with van der Waals surface area (Å²) in [5.41, 5.74) is 2.80. The van der Waals surface area contributed by atoms with Gasteiger partial charge in [-0.2, -0.15) is 5.21 Å². The Morgan fingerprint density at radius 3 is 3.12 bits per heavy atom. The summed E-state index contributed by atoms with van der Waals surface area (Å²) >= 11 is 0. The van der Waals surface area contributed by atoms with E-state index in [1.54, 1.807) is 6.07 Å². The first kappa shape index (κ1) is 11.0. The molecule has 0 aromatic carbocycles. The van der Waals surface area contributed by atoms with Gasteiger partial charge in [0, 0.05) is 11.8 Å². The Kier molecular flexibility index (Phi) is 3.21. The minimum absolute atomic E-state index is 0.197. The molecule has 0 aliphatic rings. The summed E-state index contributed by atoms with van der Waals surface area (Å²) in [6, 6.07) is 3.11. The van der Waals surface area contributed by atoms with Crippen molar-refractivity contribution >= 4 is 11.7 Å². The summed E-state index contributed by atoms with van der Waals surface area (Å²) in [4.78, 5) is 15.6. The number of hydrazine groups is 1. The number of tetrazole rings is 1. The highest BCUT2D eigenvalue weighted by molar-refractivity contribution is 5.94. The second-order valence-electron chi connectivity index (χ2n) is 3.08. The molecule has 2 heterocycles. The smallest absolute Gasteiger partial charge is 0.251 e. The molecule has 2 rings (SSSR count). The van der Waals surface area contributed by atoms with Gasteiger partial charge in [-0.25, -0.2) is 10.8 Å². The minimum atomic E-state index is -0.270. The van der Waals surface area contributed by atoms with E-state index < -0.39 is 0 Å². The molecule has 0 aliphatic carbocycles. The highest BCUT2D eigenvalue weighted by atomic mass is 16.1. The molecule has 9 heteroatoms. The Labute approximate surface area is 95.8 Å². The number of anilines is 1. The van der Waals surface area contributed by atoms with E-state index in [-0.39, 0.29) is 12.5 Å². The van der Waals surface area contributed by atoms with Crippen molar-refractivity contribution in [1.82, 2.24) is 30.9 Å². The molecule has 5 N–H and O–H groups in total. The summed E-state index contributed by atoms with van der Waals surface area (Å²) in [6.45, 7) is 0.197. The van der Waals surface area contributed by atoms with Gasteiger partial charge in [0.2, 0.25) is 0 Å². The quantitative estimate of drug-likeness (QED) is 0.386. The van der Waals surface area contributed by atoms with Gasteiger partial charge in [-0.15, -0.1) is 10.2 Å². The van der Waals surface area contributed by atoms with Crippen LogP contribution in [0.25, 0.3) is 0 Å². The summed E-state index contributed by atoms with van der Waals surface area (Å²) in [6.07, 6.45) is 1.48. The minimum Gasteiger partial charge on any atom is -0.345 e. The molecule has 0 bridgehead atoms. The number of amides is 1. The summed E-state index contributed by atoms with van der Waals surface area (Å²) in [5, 5.41) is 15.7. The molecule has 0 unspecified atom stereocenters. The first-order valence-electron chi connectivity index (χ1n) is 4.73. The van der Waals surface area contributed by atoms with Crippen LogP contribution in [0.5, 0.6) is 0 Å². The molecule has 0 atom stereocenters. The monoisotopic (exact) mass is 234 g/mol. The Balaban J connectivity index is 1.99. The molecular weight excluding hydrogens is 224 g/mol. The van der Waals surface area contributed by atoms with Crippen molar-refractivity contribution in [2.75, 3.05) is 5.43 Å². The van der Waals surface area contributed by atoms with Crippen molar-refractivity contribution in [3.63, 3.8) is 0 Å². The van der Waals surface area contributed by atoms with Gasteiger partial charge in [0.05, 0.1) is 6.54 Å². The van der Waals surface area contributed by atoms with Gasteiger partial charge in [0.25, 0.3) is 5.91 Å². The fourth-order valence-electron chi connectivity index (χ4n) is 1.17. The predicted octanol–water partition coefficient (Wildman–Crippen LogP) is -1.19. The first-order valence-corrected chi connectivity index (χ1v) is 4.73. The van der Waals surface area contributed by atoms with Crippen molar-refractivity contribution in [2.24, 2.45) is 5.84 Å². The van der Waals surface area contributed by atoms with Crippen molar-refractivity contribution in [2.45, 2.75) is 6.54 Å². The number of pyridine rings is 1. The standard InChI is InChI=1S/C8H10N8O/c9-12-6-3-5(1-2-10-6)8(17)11-4-7-13-15-16-14-7/h1-3H,4,9H2,(H,10,12)(H,11,17)(H,13,14,15,16). The maximum Gasteiger partial charge on any atom is 0.251 e. The summed E-state index contributed by atoms with van der Waals surface area (Å²) in [5.74, 6) is 5.74. The number of nitrogens with one attached hydrogen (secondary N) is 3. The number of aromatic nitrogens is 5. The van der Waals surface area contributed by atoms with E-state index in [1.165, 1.54) is 12.3 Å². The zero-order valence-electron chi connectivity index (χ0n) is 8.71. The second kappa shape index (κ2) is 4.99. The van der Waals surface area contributed by atoms with Crippen LogP contribution in [0.4, 0.5) is 5.82 Å². The molecule has 0 radical (unpaired) electrons. The Hall–Kier alpha value is -2.55. The number of H-pyrrole nitrogens is 1. The van der Waals surface area contributed by atoms with Crippen molar-refractivity contribution in [3.05, 3.63) is 29.7 Å². The van der Waals surface area contributed by atoms with Gasteiger partial charge in [0.15, 0.2) is 5.82 Å². The van der Waals surface area contributed by atoms with Crippen molar-refractivity contribution in [1.29, 1.82) is 0 Å². The zero-order chi connectivity index (χ0) is 12.1. The highest BCUT2D eigenvalue weighted by Gasteiger charge is 2.07. The van der Waals surface area contributed by atoms with Crippen LogP contribution in [0, 0.1) is 0 Å². The number of nitrogens with zero attached hydrogens (tertiary/aromatic N) is 4. The number of hydrogen-bond donors (Lipinski definition) is 4. The van der Waals surface area contributed by atoms with Gasteiger partial charge >= 0.3 is 0 Å². The van der Waals surface area contributed by atoms with Gasteiger partial charge in [-0.3, -0.25) is 4.79 Å². The van der Waals surface area contributed by atoms with E-state index in [4.69, 9.17) is 5.84 Å². The topological polar surface area (TPSA) is 134 Å². The van der Waals surface area contributed by atoms with Crippen LogP contribution < -0.4 is 16.6 Å². The van der Waals surface area contributed by atoms with Crippen LogP contribution in [0.2, 0.25) is 0 Å². The molecule has 9 nitrogen and oxygen atoms in total. The molecule has 0 spiro atoms. The average molecular weight is 234 g/mol. The third kappa shape index (κ3) is 2.72. The van der Waals surface area contributed by atoms with E-state index in [9.17, 15) is 4.79 Å². The molecular formula is C8H10N8O. The lowest BCUT2D eigenvalue weighted by Crippen LogP contribution is -2.23. The van der Waals surface area contributed by atoms with Crippen LogP contribution >= 0.6 is 0 Å². The number of nitrogen functional groups attached to an aromatic ring is 1. The molecule has 0 aliphatic heterocycles. The van der Waals surface area contributed by atoms with Crippen LogP contribution in [0.1, 0.15) is 16.2 Å². The van der Waals surface area contributed by atoms with Crippen LogP contribution in [0.15, 0.2) is 18.3 Å². The Morgan fingerprint density at radius 2 is 2.41 bits per heavy atom. The number of carbonyl (C=O) groups is 1. The SMILES string of the molecule is NNc1cc(C(=O)NCc2nn[nH]n2)ccn1. The lowest BCUT2D eigenvalue weighted by molar-refractivity contribution is 0.0950. The van der Waals surface area contributed by atoms with E-state index >= 15 is 0 Å². The fraction of sp³-hybridized carbons (Fsp3) is 0.125. The van der Waals surface area contributed by atoms with E-state index in [1.807, 2.05) is 0 Å². The predicted molar refractivity (Wildman–Crippen MR) is 57.4 cm³/mol. The molecule has 1 amide bonds. The fourth-order valence-corrected chi connectivity index (χ4v) is 1.17. The number of hydrogen-bond acceptors (Lipinski definition) is 7. The highest BCUT2D eigenvalue weighted by Crippen LogP contribution is 2.05. The Bertz CT molecular complexity index is 496. The first-order chi connectivity index (χ1) is 8.29. The molecule has 0 fully saturated rings. The molecule has 0 saturated heterocycles. The molecule has 2 aromatic rings. The van der Waals surface area contributed by atoms with Crippen LogP contribution in [-0.2, 0) is 6.54 Å². The van der Waals surface area contributed by atoms with E-state index in [2.05, 4.69) is 36.4 Å². The average Bonchev–Trinajstić information content (AvgIpc) is 2.89. The Morgan fingerprint density at radius 1 is 1.53 bits per heavy atom. The number of rotatable bonds is 4. The summed E-state index contributed by atoms with van der Waals surface area (Å²) in [7, 11) is 0. The number of aromatic amines is 1. The van der Waals surface area contributed by atoms with Crippen molar-refractivity contribution < 1.29 is 4.79 Å². The normalized spacial score (nSPS) is 9.94. The van der Waals surface area contributed by atoms with Gasteiger partial charge in [-0.05, 0) is 12.1 Å². The van der Waals surface area contributed by atoms with Crippen molar-refractivity contribution in [3.8, 4) is 0 Å². The molecule has 17 heavy (non-hydrogen) atoms. The van der Waals surface area contributed by atoms with E-state index in [0.29, 0.717) is 17.2 Å². The van der Waals surface area contributed by atoms with Gasteiger partial charge < -0.3 is 10.7 Å². The maximum absolute atomic E-state index is 11.7. The van der Waals surface area contributed by atoms with E-state index in [0.717, 1.165) is 0 Å². The summed E-state index contributed by atoms with van der Waals surface area (Å²) < 4.78 is 0. The van der Waals surface area contributed by atoms with Gasteiger partial charge in [0.1, 0.15) is 5.82 Å². The molecule has 2 aromatic heterocycles. The zero-order valence-corrected chi connectivity index (χ0v) is 8.71. The van der Waals surface area contributed by atoms with Gasteiger partial charge in [-0.1, -0.05) is 5.21 Å². The molecule has 0 saturated carbocycles. The third-order valence-corrected chi connectivity index (χ3v) is 1.97. The second-order valence-corrected chi connectivity index (χ2v) is 3.08. The number of nitrogens with two attached hydrogens (primary N) is 1. The number of carbonyl (C=O) groups excluding carboxylic acids is 1. The lowest BCUT2D eigenvalue weighted by Gasteiger charge is -2.04.